The molecule has 0 spiro atoms. The lowest BCUT2D eigenvalue weighted by atomic mass is 9.98. The molecule has 8 heteroatoms. The van der Waals surface area contributed by atoms with Gasteiger partial charge in [-0.05, 0) is 43.0 Å². The van der Waals surface area contributed by atoms with Gasteiger partial charge in [0, 0.05) is 35.6 Å². The zero-order valence-electron chi connectivity index (χ0n) is 19.1. The van der Waals surface area contributed by atoms with E-state index in [9.17, 15) is 14.0 Å². The molecule has 2 aromatic carbocycles. The number of likely N-dealkylation sites (tertiary alicyclic amines) is 1. The third-order valence-electron chi connectivity index (χ3n) is 5.91. The highest BCUT2D eigenvalue weighted by molar-refractivity contribution is 7.10. The monoisotopic (exact) mass is 481 g/mol. The number of ether oxygens (including phenoxy) is 1. The number of amides is 2. The Bertz CT molecular complexity index is 1120. The third kappa shape index (κ3) is 5.80. The summed E-state index contributed by atoms with van der Waals surface area (Å²) in [6, 6.07) is 13.6. The minimum atomic E-state index is -0.306. The van der Waals surface area contributed by atoms with Gasteiger partial charge in [-0.25, -0.2) is 14.2 Å². The molecule has 3 aromatic rings. The minimum Gasteiger partial charge on any atom is -0.449 e. The van der Waals surface area contributed by atoms with Crippen molar-refractivity contribution in [3.05, 3.63) is 70.4 Å². The van der Waals surface area contributed by atoms with Gasteiger partial charge in [0.15, 0.2) is 0 Å². The number of benzene rings is 2. The van der Waals surface area contributed by atoms with Gasteiger partial charge < -0.3 is 15.0 Å². The second kappa shape index (κ2) is 11.2. The van der Waals surface area contributed by atoms with Crippen molar-refractivity contribution < 1.29 is 18.7 Å². The number of halogens is 1. The first-order valence-corrected chi connectivity index (χ1v) is 12.5. The number of rotatable bonds is 7. The zero-order valence-corrected chi connectivity index (χ0v) is 19.9. The number of nitrogens with one attached hydrogen (secondary N) is 1. The van der Waals surface area contributed by atoms with E-state index in [1.54, 1.807) is 22.4 Å². The average molecular weight is 482 g/mol. The summed E-state index contributed by atoms with van der Waals surface area (Å²) >= 11 is 1.48. The van der Waals surface area contributed by atoms with Crippen molar-refractivity contribution in [3.63, 3.8) is 0 Å². The molecule has 0 saturated carbocycles. The smallest absolute Gasteiger partial charge is 0.409 e. The number of aromatic nitrogens is 1. The van der Waals surface area contributed by atoms with E-state index in [2.05, 4.69) is 17.2 Å². The maximum Gasteiger partial charge on any atom is 0.409 e. The van der Waals surface area contributed by atoms with Gasteiger partial charge in [-0.2, -0.15) is 0 Å². The molecule has 0 atom stereocenters. The molecule has 2 amide bonds. The molecule has 1 N–H and O–H groups in total. The molecule has 0 bridgehead atoms. The van der Waals surface area contributed by atoms with Crippen LogP contribution in [0.15, 0.2) is 53.9 Å². The van der Waals surface area contributed by atoms with Gasteiger partial charge in [0.1, 0.15) is 11.5 Å². The predicted molar refractivity (Wildman–Crippen MR) is 132 cm³/mol. The molecular formula is C26H28FN3O3S. The molecule has 2 heterocycles. The first-order chi connectivity index (χ1) is 16.5. The van der Waals surface area contributed by atoms with Crippen molar-refractivity contribution in [3.8, 4) is 11.1 Å². The quantitative estimate of drug-likeness (QED) is 0.401. The number of nitrogens with zero attached hydrogens (tertiary/aromatic N) is 2. The molecule has 4 rings (SSSR count). The number of piperidine rings is 1. The van der Waals surface area contributed by atoms with Gasteiger partial charge in [0.05, 0.1) is 11.6 Å². The first kappa shape index (κ1) is 23.9. The van der Waals surface area contributed by atoms with Crippen LogP contribution in [0.1, 0.15) is 54.0 Å². The highest BCUT2D eigenvalue weighted by Gasteiger charge is 2.27. The summed E-state index contributed by atoms with van der Waals surface area (Å²) in [5, 5.41) is 5.63. The normalized spacial score (nSPS) is 14.1. The summed E-state index contributed by atoms with van der Waals surface area (Å²) in [7, 11) is 0. The Morgan fingerprint density at radius 1 is 1.15 bits per heavy atom. The maximum atomic E-state index is 13.3. The van der Waals surface area contributed by atoms with Crippen molar-refractivity contribution in [2.75, 3.05) is 25.0 Å². The lowest BCUT2D eigenvalue weighted by Crippen LogP contribution is -2.38. The van der Waals surface area contributed by atoms with Gasteiger partial charge in [0.2, 0.25) is 0 Å². The van der Waals surface area contributed by atoms with E-state index in [1.807, 2.05) is 24.3 Å². The van der Waals surface area contributed by atoms with Crippen LogP contribution < -0.4 is 5.32 Å². The number of carbonyl (C=O) groups excluding carboxylic acids is 2. The van der Waals surface area contributed by atoms with Crippen LogP contribution in [0.3, 0.4) is 0 Å². The lowest BCUT2D eigenvalue weighted by molar-refractivity contribution is 0.0916. The molecule has 1 aliphatic rings. The molecule has 178 valence electrons. The molecule has 1 saturated heterocycles. The molecule has 0 aliphatic carbocycles. The van der Waals surface area contributed by atoms with E-state index in [0.717, 1.165) is 41.8 Å². The van der Waals surface area contributed by atoms with E-state index in [4.69, 9.17) is 4.74 Å². The third-order valence-corrected chi connectivity index (χ3v) is 6.92. The number of thiazole rings is 1. The Morgan fingerprint density at radius 3 is 2.62 bits per heavy atom. The van der Waals surface area contributed by atoms with Crippen LogP contribution in [-0.2, 0) is 4.74 Å². The second-order valence-corrected chi connectivity index (χ2v) is 9.20. The number of unbranched alkanes of at least 4 members (excludes halogenated alkanes) is 1. The highest BCUT2D eigenvalue weighted by atomic mass is 32.1. The Labute approximate surface area is 202 Å². The van der Waals surface area contributed by atoms with Crippen LogP contribution in [0.5, 0.6) is 0 Å². The zero-order chi connectivity index (χ0) is 23.9. The van der Waals surface area contributed by atoms with Gasteiger partial charge in [0.25, 0.3) is 5.91 Å². The van der Waals surface area contributed by atoms with Crippen LogP contribution in [-0.4, -0.2) is 41.6 Å². The van der Waals surface area contributed by atoms with Crippen molar-refractivity contribution >= 4 is 29.0 Å². The molecule has 6 nitrogen and oxygen atoms in total. The van der Waals surface area contributed by atoms with Gasteiger partial charge >= 0.3 is 6.09 Å². The standard InChI is InChI=1S/C26H28FN3O3S/c1-2-3-16-33-26(32)30-14-12-19(13-15-30)25-29-23(17-34-25)24(31)28-22-7-5-4-6-21(22)18-8-10-20(27)11-9-18/h4-11,17,19H,2-3,12-16H2,1H3,(H,28,31). The second-order valence-electron chi connectivity index (χ2n) is 8.31. The Balaban J connectivity index is 1.37. The molecule has 0 unspecified atom stereocenters. The largest absolute Gasteiger partial charge is 0.449 e. The minimum absolute atomic E-state index is 0.220. The van der Waals surface area contributed by atoms with Crippen molar-refractivity contribution in [2.24, 2.45) is 0 Å². The van der Waals surface area contributed by atoms with Gasteiger partial charge in [-0.1, -0.05) is 43.7 Å². The maximum absolute atomic E-state index is 13.3. The van der Waals surface area contributed by atoms with Crippen molar-refractivity contribution in [1.29, 1.82) is 0 Å². The van der Waals surface area contributed by atoms with Crippen LogP contribution in [0.4, 0.5) is 14.9 Å². The van der Waals surface area contributed by atoms with Gasteiger partial charge in [-0.15, -0.1) is 11.3 Å². The Morgan fingerprint density at radius 2 is 1.88 bits per heavy atom. The Hall–Kier alpha value is -3.26. The van der Waals surface area contributed by atoms with Crippen molar-refractivity contribution in [2.45, 2.75) is 38.5 Å². The molecule has 34 heavy (non-hydrogen) atoms. The topological polar surface area (TPSA) is 71.5 Å². The van der Waals surface area contributed by atoms with Gasteiger partial charge in [-0.3, -0.25) is 4.79 Å². The fraction of sp³-hybridized carbons (Fsp3) is 0.346. The van der Waals surface area contributed by atoms with E-state index < -0.39 is 0 Å². The summed E-state index contributed by atoms with van der Waals surface area (Å²) in [5.41, 5.74) is 2.64. The first-order valence-electron chi connectivity index (χ1n) is 11.6. The summed E-state index contributed by atoms with van der Waals surface area (Å²) in [6.45, 7) is 3.78. The predicted octanol–water partition coefficient (Wildman–Crippen LogP) is 6.32. The SMILES string of the molecule is CCCCOC(=O)N1CCC(c2nc(C(=O)Nc3ccccc3-c3ccc(F)cc3)cs2)CC1. The van der Waals surface area contributed by atoms with Crippen LogP contribution in [0.2, 0.25) is 0 Å². The van der Waals surface area contributed by atoms with Crippen LogP contribution in [0, 0.1) is 5.82 Å². The fourth-order valence-electron chi connectivity index (χ4n) is 3.94. The number of hydrogen-bond donors (Lipinski definition) is 1. The van der Waals surface area contributed by atoms with E-state index in [1.165, 1.54) is 23.5 Å². The number of anilines is 1. The fourth-order valence-corrected chi connectivity index (χ4v) is 4.91. The van der Waals surface area contributed by atoms with E-state index in [-0.39, 0.29) is 23.7 Å². The highest BCUT2D eigenvalue weighted by Crippen LogP contribution is 2.32. The number of hydrogen-bond acceptors (Lipinski definition) is 5. The summed E-state index contributed by atoms with van der Waals surface area (Å²) < 4.78 is 18.6. The summed E-state index contributed by atoms with van der Waals surface area (Å²) in [4.78, 5) is 31.4. The summed E-state index contributed by atoms with van der Waals surface area (Å²) in [5.74, 6) is -0.369. The van der Waals surface area contributed by atoms with Crippen LogP contribution in [0.25, 0.3) is 11.1 Å². The molecule has 1 fully saturated rings. The van der Waals surface area contributed by atoms with E-state index in [0.29, 0.717) is 31.1 Å². The van der Waals surface area contributed by atoms with Crippen LogP contribution >= 0.6 is 11.3 Å². The lowest BCUT2D eigenvalue weighted by Gasteiger charge is -2.30. The number of para-hydroxylation sites is 1. The summed E-state index contributed by atoms with van der Waals surface area (Å²) in [6.07, 6.45) is 3.22. The van der Waals surface area contributed by atoms with E-state index >= 15 is 0 Å². The molecule has 0 radical (unpaired) electrons. The average Bonchev–Trinajstić information content (AvgIpc) is 3.36. The number of carbonyl (C=O) groups is 2. The Kier molecular flexibility index (Phi) is 7.90. The van der Waals surface area contributed by atoms with Crippen molar-refractivity contribution in [1.82, 2.24) is 9.88 Å². The molecule has 1 aromatic heterocycles. The molecular weight excluding hydrogens is 453 g/mol. The molecule has 1 aliphatic heterocycles.